The van der Waals surface area contributed by atoms with Gasteiger partial charge >= 0.3 is 0 Å². The lowest BCUT2D eigenvalue weighted by Gasteiger charge is -2.27. The molecule has 1 aromatic rings. The fourth-order valence-corrected chi connectivity index (χ4v) is 2.17. The fraction of sp³-hybridized carbons (Fsp3) is 0.462. The third kappa shape index (κ3) is 3.68. The van der Waals surface area contributed by atoms with Crippen LogP contribution in [0.15, 0.2) is 24.3 Å². The Bertz CT molecular complexity index is 414. The van der Waals surface area contributed by atoms with Gasteiger partial charge in [0.25, 0.3) is 0 Å². The van der Waals surface area contributed by atoms with Crippen LogP contribution in [0.3, 0.4) is 0 Å². The summed E-state index contributed by atoms with van der Waals surface area (Å²) in [5.74, 6) is -0.489. The van der Waals surface area contributed by atoms with Crippen LogP contribution in [-0.4, -0.2) is 18.5 Å². The molecule has 0 aromatic heterocycles. The Balaban J connectivity index is 0.00000162. The molecule has 1 aromatic carbocycles. The van der Waals surface area contributed by atoms with Crippen LogP contribution in [0.2, 0.25) is 0 Å². The maximum atomic E-state index is 13.4. The Hall–Kier alpha value is -1.13. The lowest BCUT2D eigenvalue weighted by molar-refractivity contribution is -0.120. The van der Waals surface area contributed by atoms with Crippen LogP contribution >= 0.6 is 12.4 Å². The SMILES string of the molecule is C[C@H]1C[C@@H](C(=O)Nc2ccccc2F)CCN1.Cl. The first-order valence-corrected chi connectivity index (χ1v) is 5.95. The smallest absolute Gasteiger partial charge is 0.227 e. The topological polar surface area (TPSA) is 41.1 Å². The van der Waals surface area contributed by atoms with E-state index in [2.05, 4.69) is 17.6 Å². The van der Waals surface area contributed by atoms with E-state index < -0.39 is 0 Å². The number of para-hydroxylation sites is 1. The van der Waals surface area contributed by atoms with Gasteiger partial charge in [-0.25, -0.2) is 4.39 Å². The van der Waals surface area contributed by atoms with E-state index in [0.717, 1.165) is 19.4 Å². The van der Waals surface area contributed by atoms with Gasteiger partial charge in [0.05, 0.1) is 5.69 Å². The number of hydrogen-bond donors (Lipinski definition) is 2. The van der Waals surface area contributed by atoms with Crippen molar-refractivity contribution in [1.82, 2.24) is 5.32 Å². The predicted octanol–water partition coefficient (Wildman–Crippen LogP) is 2.57. The molecule has 1 aliphatic rings. The molecule has 0 radical (unpaired) electrons. The largest absolute Gasteiger partial charge is 0.323 e. The zero-order valence-electron chi connectivity index (χ0n) is 10.3. The molecule has 0 bridgehead atoms. The highest BCUT2D eigenvalue weighted by molar-refractivity contribution is 5.92. The Morgan fingerprint density at radius 3 is 2.83 bits per heavy atom. The van der Waals surface area contributed by atoms with Gasteiger partial charge in [0, 0.05) is 12.0 Å². The molecule has 0 unspecified atom stereocenters. The lowest BCUT2D eigenvalue weighted by Crippen LogP contribution is -2.40. The number of anilines is 1. The van der Waals surface area contributed by atoms with Gasteiger partial charge in [0.1, 0.15) is 5.82 Å². The normalized spacial score (nSPS) is 23.0. The predicted molar refractivity (Wildman–Crippen MR) is 72.5 cm³/mol. The van der Waals surface area contributed by atoms with E-state index in [1.54, 1.807) is 18.2 Å². The highest BCUT2D eigenvalue weighted by Gasteiger charge is 2.25. The molecule has 18 heavy (non-hydrogen) atoms. The first-order chi connectivity index (χ1) is 8.16. The Morgan fingerprint density at radius 1 is 1.44 bits per heavy atom. The zero-order chi connectivity index (χ0) is 12.3. The maximum Gasteiger partial charge on any atom is 0.227 e. The number of hydrogen-bond acceptors (Lipinski definition) is 2. The molecule has 2 N–H and O–H groups in total. The molecule has 2 atom stereocenters. The second-order valence-corrected chi connectivity index (χ2v) is 4.55. The highest BCUT2D eigenvalue weighted by Crippen LogP contribution is 2.19. The number of halogens is 2. The van der Waals surface area contributed by atoms with Crippen LogP contribution in [0.1, 0.15) is 19.8 Å². The lowest BCUT2D eigenvalue weighted by atomic mass is 9.92. The highest BCUT2D eigenvalue weighted by atomic mass is 35.5. The van der Waals surface area contributed by atoms with Crippen LogP contribution in [-0.2, 0) is 4.79 Å². The molecular weight excluding hydrogens is 255 g/mol. The summed E-state index contributed by atoms with van der Waals surface area (Å²) in [5.41, 5.74) is 0.267. The summed E-state index contributed by atoms with van der Waals surface area (Å²) in [6, 6.07) is 6.60. The molecule has 0 spiro atoms. The van der Waals surface area contributed by atoms with Crippen LogP contribution in [0, 0.1) is 11.7 Å². The van der Waals surface area contributed by atoms with E-state index in [9.17, 15) is 9.18 Å². The molecule has 1 aliphatic heterocycles. The van der Waals surface area contributed by atoms with Crippen LogP contribution in [0.4, 0.5) is 10.1 Å². The number of carbonyl (C=O) groups is 1. The molecular formula is C13H18ClFN2O. The van der Waals surface area contributed by atoms with Crippen molar-refractivity contribution >= 4 is 24.0 Å². The van der Waals surface area contributed by atoms with Gasteiger partial charge in [-0.2, -0.15) is 0 Å². The second kappa shape index (κ2) is 6.71. The Labute approximate surface area is 113 Å². The number of rotatable bonds is 2. The number of piperidine rings is 1. The molecule has 1 fully saturated rings. The number of nitrogens with one attached hydrogen (secondary N) is 2. The molecule has 0 aliphatic carbocycles. The van der Waals surface area contributed by atoms with Crippen molar-refractivity contribution in [3.63, 3.8) is 0 Å². The monoisotopic (exact) mass is 272 g/mol. The average Bonchev–Trinajstić information content (AvgIpc) is 2.32. The van der Waals surface area contributed by atoms with Crippen LogP contribution < -0.4 is 10.6 Å². The molecule has 1 heterocycles. The van der Waals surface area contributed by atoms with E-state index in [1.807, 2.05) is 0 Å². The number of carbonyl (C=O) groups excluding carboxylic acids is 1. The minimum absolute atomic E-state index is 0. The van der Waals surface area contributed by atoms with Crippen LogP contribution in [0.25, 0.3) is 0 Å². The summed E-state index contributed by atoms with van der Waals surface area (Å²) >= 11 is 0. The third-order valence-electron chi connectivity index (χ3n) is 3.13. The van der Waals surface area contributed by atoms with E-state index in [4.69, 9.17) is 0 Å². The van der Waals surface area contributed by atoms with E-state index in [1.165, 1.54) is 6.07 Å². The summed E-state index contributed by atoms with van der Waals surface area (Å²) in [6.07, 6.45) is 1.62. The quantitative estimate of drug-likeness (QED) is 0.869. The van der Waals surface area contributed by atoms with E-state index in [-0.39, 0.29) is 35.7 Å². The van der Waals surface area contributed by atoms with Gasteiger partial charge in [-0.05, 0) is 38.4 Å². The Morgan fingerprint density at radius 2 is 2.17 bits per heavy atom. The van der Waals surface area contributed by atoms with E-state index in [0.29, 0.717) is 6.04 Å². The summed E-state index contributed by atoms with van der Waals surface area (Å²) in [7, 11) is 0. The standard InChI is InChI=1S/C13H17FN2O.ClH/c1-9-8-10(6-7-15-9)13(17)16-12-5-3-2-4-11(12)14;/h2-5,9-10,15H,6-8H2,1H3,(H,16,17);1H/t9-,10-;/m0./s1. The van der Waals surface area contributed by atoms with E-state index >= 15 is 0 Å². The zero-order valence-corrected chi connectivity index (χ0v) is 11.1. The minimum atomic E-state index is -0.386. The molecule has 5 heteroatoms. The summed E-state index contributed by atoms with van der Waals surface area (Å²) < 4.78 is 13.4. The van der Waals surface area contributed by atoms with Gasteiger partial charge in [0.15, 0.2) is 0 Å². The van der Waals surface area contributed by atoms with Crippen molar-refractivity contribution in [1.29, 1.82) is 0 Å². The van der Waals surface area contributed by atoms with Crippen molar-refractivity contribution in [2.75, 3.05) is 11.9 Å². The Kier molecular flexibility index (Phi) is 5.56. The first-order valence-electron chi connectivity index (χ1n) is 5.95. The molecule has 3 nitrogen and oxygen atoms in total. The number of benzene rings is 1. The second-order valence-electron chi connectivity index (χ2n) is 4.55. The van der Waals surface area contributed by atoms with Gasteiger partial charge in [-0.15, -0.1) is 12.4 Å². The molecule has 100 valence electrons. The van der Waals surface area contributed by atoms with Gasteiger partial charge in [-0.3, -0.25) is 4.79 Å². The molecule has 1 amide bonds. The molecule has 1 saturated heterocycles. The average molecular weight is 273 g/mol. The molecule has 2 rings (SSSR count). The molecule has 0 saturated carbocycles. The van der Waals surface area contributed by atoms with Crippen molar-refractivity contribution in [2.24, 2.45) is 5.92 Å². The number of amides is 1. The van der Waals surface area contributed by atoms with Crippen molar-refractivity contribution < 1.29 is 9.18 Å². The van der Waals surface area contributed by atoms with Crippen LogP contribution in [0.5, 0.6) is 0 Å². The third-order valence-corrected chi connectivity index (χ3v) is 3.13. The van der Waals surface area contributed by atoms with Crippen molar-refractivity contribution in [3.8, 4) is 0 Å². The van der Waals surface area contributed by atoms with Gasteiger partial charge in [0.2, 0.25) is 5.91 Å². The summed E-state index contributed by atoms with van der Waals surface area (Å²) in [5, 5.41) is 5.95. The summed E-state index contributed by atoms with van der Waals surface area (Å²) in [6.45, 7) is 2.90. The first kappa shape index (κ1) is 14.9. The van der Waals surface area contributed by atoms with Crippen molar-refractivity contribution in [2.45, 2.75) is 25.8 Å². The minimum Gasteiger partial charge on any atom is -0.323 e. The maximum absolute atomic E-state index is 13.4. The summed E-state index contributed by atoms with van der Waals surface area (Å²) in [4.78, 5) is 12.0. The van der Waals surface area contributed by atoms with Gasteiger partial charge in [-0.1, -0.05) is 12.1 Å². The van der Waals surface area contributed by atoms with Gasteiger partial charge < -0.3 is 10.6 Å². The fourth-order valence-electron chi connectivity index (χ4n) is 2.17. The van der Waals surface area contributed by atoms with Crippen molar-refractivity contribution in [3.05, 3.63) is 30.1 Å².